The maximum absolute atomic E-state index is 14.5. The fourth-order valence-corrected chi connectivity index (χ4v) is 7.05. The lowest BCUT2D eigenvalue weighted by Crippen LogP contribution is -2.58. The van der Waals surface area contributed by atoms with E-state index in [0.717, 1.165) is 56.9 Å². The molecule has 0 spiro atoms. The third kappa shape index (κ3) is 7.66. The highest BCUT2D eigenvalue weighted by molar-refractivity contribution is 5.96. The van der Waals surface area contributed by atoms with Crippen molar-refractivity contribution >= 4 is 23.6 Å². The number of fused-ring (bicyclic) bond motifs is 1. The average Bonchev–Trinajstić information content (AvgIpc) is 3.50. The van der Waals surface area contributed by atoms with Crippen LogP contribution in [0.1, 0.15) is 85.8 Å². The summed E-state index contributed by atoms with van der Waals surface area (Å²) in [6.45, 7) is 1.94. The summed E-state index contributed by atoms with van der Waals surface area (Å²) in [5.74, 6) is -0.385. The number of likely N-dealkylation sites (tertiary alicyclic amines) is 1. The van der Waals surface area contributed by atoms with Crippen molar-refractivity contribution in [3.63, 3.8) is 0 Å². The van der Waals surface area contributed by atoms with Crippen LogP contribution in [0.2, 0.25) is 0 Å². The van der Waals surface area contributed by atoms with Crippen molar-refractivity contribution in [3.8, 4) is 5.75 Å². The molecule has 4 amide bonds. The van der Waals surface area contributed by atoms with Gasteiger partial charge in [-0.05, 0) is 93.8 Å². The van der Waals surface area contributed by atoms with E-state index >= 15 is 0 Å². The lowest BCUT2D eigenvalue weighted by atomic mass is 9.83. The normalized spacial score (nSPS) is 22.9. The summed E-state index contributed by atoms with van der Waals surface area (Å²) >= 11 is 0. The zero-order valence-corrected chi connectivity index (χ0v) is 26.6. The first-order valence-corrected chi connectivity index (χ1v) is 16.4. The maximum atomic E-state index is 14.5. The highest BCUT2D eigenvalue weighted by atomic mass is 16.5. The summed E-state index contributed by atoms with van der Waals surface area (Å²) in [6, 6.07) is 12.4. The molecule has 45 heavy (non-hydrogen) atoms. The fraction of sp³-hybridized carbons (Fsp3) is 0.543. The second-order valence-electron chi connectivity index (χ2n) is 12.7. The number of carbonyl (C=O) groups excluding carboxylic acids is 4. The number of ether oxygens (including phenoxy) is 1. The van der Waals surface area contributed by atoms with Gasteiger partial charge in [-0.25, -0.2) is 0 Å². The molecule has 4 N–H and O–H groups in total. The van der Waals surface area contributed by atoms with Gasteiger partial charge in [0, 0.05) is 18.2 Å². The first-order valence-electron chi connectivity index (χ1n) is 16.4. The molecule has 1 saturated carbocycles. The number of hydrogen-bond acceptors (Lipinski definition) is 6. The van der Waals surface area contributed by atoms with E-state index in [1.165, 1.54) is 5.56 Å². The van der Waals surface area contributed by atoms with Crippen molar-refractivity contribution in [2.75, 3.05) is 20.7 Å². The van der Waals surface area contributed by atoms with Gasteiger partial charge in [0.25, 0.3) is 5.91 Å². The number of nitrogens with one attached hydrogen (secondary N) is 4. The molecular formula is C35H47N5O5. The van der Waals surface area contributed by atoms with E-state index in [1.807, 2.05) is 12.1 Å². The van der Waals surface area contributed by atoms with E-state index in [9.17, 15) is 19.2 Å². The molecule has 0 radical (unpaired) electrons. The maximum Gasteiger partial charge on any atom is 0.251 e. The van der Waals surface area contributed by atoms with E-state index in [0.29, 0.717) is 11.3 Å². The van der Waals surface area contributed by atoms with Gasteiger partial charge in [0.1, 0.15) is 17.8 Å². The van der Waals surface area contributed by atoms with E-state index in [2.05, 4.69) is 33.4 Å². The first kappa shape index (κ1) is 32.5. The van der Waals surface area contributed by atoms with Crippen LogP contribution in [0.4, 0.5) is 0 Å². The number of likely N-dealkylation sites (N-methyl/N-ethyl adjacent to an activating group) is 1. The van der Waals surface area contributed by atoms with Crippen molar-refractivity contribution in [1.29, 1.82) is 0 Å². The third-order valence-electron chi connectivity index (χ3n) is 9.77. The highest BCUT2D eigenvalue weighted by Crippen LogP contribution is 2.32. The summed E-state index contributed by atoms with van der Waals surface area (Å²) in [7, 11) is 3.28. The Labute approximate surface area is 266 Å². The Morgan fingerprint density at radius 3 is 2.36 bits per heavy atom. The number of aryl methyl sites for hydroxylation is 1. The molecule has 3 aliphatic rings. The molecule has 10 heteroatoms. The van der Waals surface area contributed by atoms with Gasteiger partial charge in [0.2, 0.25) is 17.7 Å². The van der Waals surface area contributed by atoms with Gasteiger partial charge in [0.15, 0.2) is 0 Å². The molecule has 5 atom stereocenters. The molecule has 5 rings (SSSR count). The summed E-state index contributed by atoms with van der Waals surface area (Å²) in [6.07, 6.45) is 7.83. The van der Waals surface area contributed by atoms with Crippen LogP contribution < -0.4 is 26.0 Å². The van der Waals surface area contributed by atoms with Crippen molar-refractivity contribution in [2.24, 2.45) is 5.92 Å². The van der Waals surface area contributed by atoms with Crippen molar-refractivity contribution in [3.05, 3.63) is 65.2 Å². The molecule has 2 aromatic carbocycles. The minimum absolute atomic E-state index is 0.0128. The summed E-state index contributed by atoms with van der Waals surface area (Å²) in [5, 5.41) is 12.3. The number of methoxy groups -OCH3 is 1. The molecule has 0 unspecified atom stereocenters. The van der Waals surface area contributed by atoms with E-state index in [4.69, 9.17) is 4.74 Å². The minimum atomic E-state index is -0.780. The SMILES string of the molecule is CN[C@@H](C)C(=O)N[C@@H](C(=O)N1C[C@@H](NC(=O)c2ccc(OC)cc2)C[C@H]1C(=O)N[C@@H]1CCCc2ccccc21)C1CCCCC1. The first-order chi connectivity index (χ1) is 21.8. The molecule has 2 aromatic rings. The van der Waals surface area contributed by atoms with Gasteiger partial charge in [-0.3, -0.25) is 19.2 Å². The molecule has 1 saturated heterocycles. The molecule has 0 aromatic heterocycles. The van der Waals surface area contributed by atoms with E-state index in [-0.39, 0.29) is 48.6 Å². The average molecular weight is 618 g/mol. The second-order valence-corrected chi connectivity index (χ2v) is 12.7. The Morgan fingerprint density at radius 2 is 1.64 bits per heavy atom. The smallest absolute Gasteiger partial charge is 0.251 e. The second kappa shape index (κ2) is 14.9. The van der Waals surface area contributed by atoms with Crippen LogP contribution in [0.3, 0.4) is 0 Å². The van der Waals surface area contributed by atoms with Crippen molar-refractivity contribution < 1.29 is 23.9 Å². The van der Waals surface area contributed by atoms with Gasteiger partial charge >= 0.3 is 0 Å². The summed E-state index contributed by atoms with van der Waals surface area (Å²) < 4.78 is 5.21. The van der Waals surface area contributed by atoms with Crippen LogP contribution in [-0.2, 0) is 20.8 Å². The number of hydrogen-bond donors (Lipinski definition) is 4. The third-order valence-corrected chi connectivity index (χ3v) is 9.77. The molecule has 1 heterocycles. The van der Waals surface area contributed by atoms with Crippen LogP contribution in [0, 0.1) is 5.92 Å². The molecule has 0 bridgehead atoms. The molecule has 10 nitrogen and oxygen atoms in total. The van der Waals surface area contributed by atoms with Gasteiger partial charge in [-0.1, -0.05) is 43.5 Å². The number of nitrogens with zero attached hydrogens (tertiary/aromatic N) is 1. The van der Waals surface area contributed by atoms with E-state index in [1.54, 1.807) is 50.2 Å². The van der Waals surface area contributed by atoms with Gasteiger partial charge in [-0.2, -0.15) is 0 Å². The van der Waals surface area contributed by atoms with Crippen molar-refractivity contribution in [1.82, 2.24) is 26.2 Å². The Morgan fingerprint density at radius 1 is 0.911 bits per heavy atom. The van der Waals surface area contributed by atoms with Crippen molar-refractivity contribution in [2.45, 2.75) is 94.9 Å². The van der Waals surface area contributed by atoms with E-state index < -0.39 is 24.2 Å². The molecular weight excluding hydrogens is 570 g/mol. The quantitative estimate of drug-likeness (QED) is 0.324. The summed E-state index contributed by atoms with van der Waals surface area (Å²) in [5.41, 5.74) is 2.82. The monoisotopic (exact) mass is 617 g/mol. The van der Waals surface area contributed by atoms with Gasteiger partial charge in [0.05, 0.1) is 19.2 Å². The molecule has 1 aliphatic heterocycles. The predicted octanol–water partition coefficient (Wildman–Crippen LogP) is 3.26. The number of carbonyl (C=O) groups is 4. The Balaban J connectivity index is 1.39. The number of amides is 4. The highest BCUT2D eigenvalue weighted by Gasteiger charge is 2.45. The van der Waals surface area contributed by atoms with Crippen LogP contribution >= 0.6 is 0 Å². The fourth-order valence-electron chi connectivity index (χ4n) is 7.05. The van der Waals surface area contributed by atoms with Gasteiger partial charge < -0.3 is 30.9 Å². The predicted molar refractivity (Wildman–Crippen MR) is 172 cm³/mol. The topological polar surface area (TPSA) is 129 Å². The Hall–Kier alpha value is -3.92. The zero-order chi connectivity index (χ0) is 31.9. The van der Waals surface area contributed by atoms with Crippen LogP contribution in [0.5, 0.6) is 5.75 Å². The van der Waals surface area contributed by atoms with Crippen LogP contribution in [0.15, 0.2) is 48.5 Å². The lowest BCUT2D eigenvalue weighted by Gasteiger charge is -2.35. The molecule has 2 aliphatic carbocycles. The largest absolute Gasteiger partial charge is 0.497 e. The summed E-state index contributed by atoms with van der Waals surface area (Å²) in [4.78, 5) is 56.4. The van der Waals surface area contributed by atoms with Gasteiger partial charge in [-0.15, -0.1) is 0 Å². The Kier molecular flexibility index (Phi) is 10.8. The van der Waals surface area contributed by atoms with Crippen LogP contribution in [-0.4, -0.2) is 73.4 Å². The zero-order valence-electron chi connectivity index (χ0n) is 26.6. The standard InChI is InChI=1S/C35H47N5O5/c1-22(36-2)32(41)39-31(24-11-5-4-6-12-24)35(44)40-21-26(37-33(42)25-16-18-27(45-3)19-17-25)20-30(40)34(43)38-29-15-9-13-23-10-7-8-14-28(23)29/h7-8,10,14,16-19,22,24,26,29-31,36H,4-6,9,11-13,15,20-21H2,1-3H3,(H,37,42)(H,38,43)(H,39,41)/t22-,26-,29+,30-,31+/m0/s1. The lowest BCUT2D eigenvalue weighted by molar-refractivity contribution is -0.143. The molecule has 242 valence electrons. The Bertz CT molecular complexity index is 1360. The van der Waals surface area contributed by atoms with Crippen LogP contribution in [0.25, 0.3) is 0 Å². The molecule has 2 fully saturated rings. The number of rotatable bonds is 10. The number of benzene rings is 2. The minimum Gasteiger partial charge on any atom is -0.497 e.